The van der Waals surface area contributed by atoms with Crippen LogP contribution in [0.1, 0.15) is 6.92 Å². The Bertz CT molecular complexity index is 107. The van der Waals surface area contributed by atoms with E-state index in [0.29, 0.717) is 5.92 Å². The molecule has 0 aromatic heterocycles. The summed E-state index contributed by atoms with van der Waals surface area (Å²) in [6, 6.07) is 0. The van der Waals surface area contributed by atoms with Crippen molar-refractivity contribution in [1.29, 1.82) is 0 Å². The molecule has 0 radical (unpaired) electrons. The van der Waals surface area contributed by atoms with E-state index in [4.69, 9.17) is 0 Å². The van der Waals surface area contributed by atoms with Crippen molar-refractivity contribution >= 4 is 0 Å². The molecule has 2 unspecified atom stereocenters. The second kappa shape index (κ2) is 0.627. The van der Waals surface area contributed by atoms with Crippen LogP contribution in [0.4, 0.5) is 8.78 Å². The van der Waals surface area contributed by atoms with E-state index < -0.39 is 5.92 Å². The zero-order valence-electron chi connectivity index (χ0n) is 3.99. The topological polar surface area (TPSA) is 0 Å². The highest BCUT2D eigenvalue weighted by atomic mass is 19.3. The maximum Gasteiger partial charge on any atom is 0.255 e. The highest BCUT2D eigenvalue weighted by molar-refractivity contribution is 5.24. The Kier molecular flexibility index (Phi) is 0.341. The molecule has 2 saturated carbocycles. The van der Waals surface area contributed by atoms with Gasteiger partial charge in [0.1, 0.15) is 0 Å². The minimum atomic E-state index is -2.22. The molecule has 2 heteroatoms. The van der Waals surface area contributed by atoms with Crippen molar-refractivity contribution in [3.63, 3.8) is 0 Å². The van der Waals surface area contributed by atoms with E-state index in [1.165, 1.54) is 0 Å². The van der Waals surface area contributed by atoms with Crippen molar-refractivity contribution in [3.8, 4) is 0 Å². The lowest BCUT2D eigenvalue weighted by atomic mass is 10.2. The second-order valence-electron chi connectivity index (χ2n) is 2.59. The third-order valence-electron chi connectivity index (χ3n) is 2.16. The zero-order chi connectivity index (χ0) is 5.23. The Balaban J connectivity index is 2.10. The van der Waals surface area contributed by atoms with Crippen LogP contribution in [0.15, 0.2) is 0 Å². The third-order valence-corrected chi connectivity index (χ3v) is 2.16. The molecule has 2 fully saturated rings. The Morgan fingerprint density at radius 3 is 1.71 bits per heavy atom. The summed E-state index contributed by atoms with van der Waals surface area (Å²) in [7, 11) is 0. The fraction of sp³-hybridized carbons (Fsp3) is 1.00. The first kappa shape index (κ1) is 3.81. The maximum absolute atomic E-state index is 11.8. The first-order chi connectivity index (χ1) is 3.15. The van der Waals surface area contributed by atoms with Crippen LogP contribution in [-0.2, 0) is 0 Å². The summed E-state index contributed by atoms with van der Waals surface area (Å²) in [6.45, 7) is 1.88. The predicted octanol–water partition coefficient (Wildman–Crippen LogP) is 1.52. The van der Waals surface area contributed by atoms with Crippen LogP contribution in [0.5, 0.6) is 0 Å². The van der Waals surface area contributed by atoms with Crippen LogP contribution in [-0.4, -0.2) is 5.92 Å². The molecule has 0 aromatic carbocycles. The van der Waals surface area contributed by atoms with Gasteiger partial charge in [0.25, 0.3) is 5.92 Å². The van der Waals surface area contributed by atoms with Crippen LogP contribution in [0.3, 0.4) is 0 Å². The summed E-state index contributed by atoms with van der Waals surface area (Å²) in [5.41, 5.74) is 0. The van der Waals surface area contributed by atoms with Gasteiger partial charge in [-0.25, -0.2) is 8.78 Å². The van der Waals surface area contributed by atoms with E-state index in [-0.39, 0.29) is 11.8 Å². The minimum absolute atomic E-state index is 0.201. The molecule has 2 aliphatic carbocycles. The summed E-state index contributed by atoms with van der Waals surface area (Å²) in [4.78, 5) is 0. The maximum atomic E-state index is 11.8. The molecular weight excluding hydrogens is 98.1 g/mol. The highest BCUT2D eigenvalue weighted by Crippen LogP contribution is 2.78. The van der Waals surface area contributed by atoms with Crippen LogP contribution in [0.2, 0.25) is 0 Å². The Morgan fingerprint density at radius 2 is 1.71 bits per heavy atom. The predicted molar refractivity (Wildman–Crippen MR) is 21.1 cm³/mol. The van der Waals surface area contributed by atoms with Gasteiger partial charge in [0, 0.05) is 11.8 Å². The summed E-state index contributed by atoms with van der Waals surface area (Å²) in [6.07, 6.45) is 0. The van der Waals surface area contributed by atoms with Gasteiger partial charge in [-0.05, 0) is 5.92 Å². The fourth-order valence-electron chi connectivity index (χ4n) is 1.42. The number of hydrogen-bond donors (Lipinski definition) is 0. The van der Waals surface area contributed by atoms with Crippen molar-refractivity contribution < 1.29 is 8.78 Å². The van der Waals surface area contributed by atoms with Crippen molar-refractivity contribution in [2.45, 2.75) is 12.8 Å². The van der Waals surface area contributed by atoms with Gasteiger partial charge < -0.3 is 0 Å². The number of hydrogen-bond acceptors (Lipinski definition) is 0. The molecule has 0 nitrogen and oxygen atoms in total. The van der Waals surface area contributed by atoms with Crippen molar-refractivity contribution in [3.05, 3.63) is 0 Å². The molecule has 2 rings (SSSR count). The monoisotopic (exact) mass is 104 g/mol. The second-order valence-corrected chi connectivity index (χ2v) is 2.59. The van der Waals surface area contributed by atoms with Crippen molar-refractivity contribution in [1.82, 2.24) is 0 Å². The largest absolute Gasteiger partial charge is 0.255 e. The summed E-state index contributed by atoms with van der Waals surface area (Å²) >= 11 is 0. The van der Waals surface area contributed by atoms with E-state index in [2.05, 4.69) is 0 Å². The van der Waals surface area contributed by atoms with Gasteiger partial charge in [-0.2, -0.15) is 0 Å². The molecule has 0 amide bonds. The van der Waals surface area contributed by atoms with Gasteiger partial charge in [-0.15, -0.1) is 0 Å². The molecule has 2 aliphatic rings. The highest BCUT2D eigenvalue weighted by Gasteiger charge is 2.85. The SMILES string of the molecule is CC1C2C1C2(F)F. The van der Waals surface area contributed by atoms with Gasteiger partial charge in [0.2, 0.25) is 0 Å². The van der Waals surface area contributed by atoms with Gasteiger partial charge in [0.15, 0.2) is 0 Å². The van der Waals surface area contributed by atoms with Gasteiger partial charge in [-0.1, -0.05) is 6.92 Å². The summed E-state index contributed by atoms with van der Waals surface area (Å²) in [5.74, 6) is -2.28. The smallest absolute Gasteiger partial charge is 0.206 e. The molecule has 7 heavy (non-hydrogen) atoms. The zero-order valence-corrected chi connectivity index (χ0v) is 3.99. The molecule has 0 heterocycles. The van der Waals surface area contributed by atoms with E-state index in [0.717, 1.165) is 0 Å². The first-order valence-corrected chi connectivity index (χ1v) is 2.53. The lowest BCUT2D eigenvalue weighted by Crippen LogP contribution is -2.08. The quantitative estimate of drug-likeness (QED) is 0.437. The van der Waals surface area contributed by atoms with Crippen LogP contribution in [0, 0.1) is 17.8 Å². The van der Waals surface area contributed by atoms with Gasteiger partial charge >= 0.3 is 0 Å². The Morgan fingerprint density at radius 1 is 1.29 bits per heavy atom. The molecule has 2 atom stereocenters. The molecular formula is C5H6F2. The number of alkyl halides is 2. The van der Waals surface area contributed by atoms with Gasteiger partial charge in [0.05, 0.1) is 0 Å². The molecule has 40 valence electrons. The third kappa shape index (κ3) is 0.221. The van der Waals surface area contributed by atoms with E-state index in [1.54, 1.807) is 0 Å². The van der Waals surface area contributed by atoms with Crippen LogP contribution >= 0.6 is 0 Å². The average Bonchev–Trinajstić information content (AvgIpc) is 2.26. The summed E-state index contributed by atoms with van der Waals surface area (Å²) < 4.78 is 23.7. The number of fused-ring (bicyclic) bond motifs is 1. The number of halogens is 2. The Labute approximate surface area is 40.5 Å². The number of rotatable bonds is 0. The van der Waals surface area contributed by atoms with Crippen molar-refractivity contribution in [2.24, 2.45) is 17.8 Å². The standard InChI is InChI=1S/C5H6F2/c1-2-3-4(2)5(3,6)7/h2-4H,1H3. The van der Waals surface area contributed by atoms with Crippen molar-refractivity contribution in [2.75, 3.05) is 0 Å². The lowest BCUT2D eigenvalue weighted by molar-refractivity contribution is 0.0355. The van der Waals surface area contributed by atoms with Gasteiger partial charge in [-0.3, -0.25) is 0 Å². The van der Waals surface area contributed by atoms with E-state index in [1.807, 2.05) is 6.92 Å². The lowest BCUT2D eigenvalue weighted by Gasteiger charge is -2.02. The normalized spacial score (nSPS) is 61.3. The minimum Gasteiger partial charge on any atom is -0.206 e. The van der Waals surface area contributed by atoms with Crippen LogP contribution < -0.4 is 0 Å². The molecule has 0 spiro atoms. The molecule has 0 bridgehead atoms. The molecule has 0 aromatic rings. The van der Waals surface area contributed by atoms with E-state index in [9.17, 15) is 8.78 Å². The Hall–Kier alpha value is -0.140. The molecule has 0 saturated heterocycles. The van der Waals surface area contributed by atoms with E-state index >= 15 is 0 Å². The molecule has 0 N–H and O–H groups in total. The summed E-state index contributed by atoms with van der Waals surface area (Å²) in [5, 5.41) is 0. The molecule has 0 aliphatic heterocycles. The average molecular weight is 104 g/mol. The fourth-order valence-corrected chi connectivity index (χ4v) is 1.42. The van der Waals surface area contributed by atoms with Crippen LogP contribution in [0.25, 0.3) is 0 Å². The first-order valence-electron chi connectivity index (χ1n) is 2.53.